The molecule has 88 valence electrons. The van der Waals surface area contributed by atoms with Gasteiger partial charge in [-0.05, 0) is 28.8 Å². The molecular weight excluding hydrogens is 270 g/mol. The summed E-state index contributed by atoms with van der Waals surface area (Å²) >= 11 is 3.35. The molecule has 0 aliphatic heterocycles. The average molecular weight is 286 g/mol. The molecule has 2 N–H and O–H groups in total. The average Bonchev–Trinajstić information content (AvgIpc) is 3.02. The highest BCUT2D eigenvalue weighted by molar-refractivity contribution is 9.10. The number of rotatable bonds is 4. The molecule has 0 saturated heterocycles. The third kappa shape index (κ3) is 2.98. The Morgan fingerprint density at radius 1 is 1.75 bits per heavy atom. The number of aliphatic imine (C=N–C) groups is 1. The van der Waals surface area contributed by atoms with Crippen molar-refractivity contribution in [3.05, 3.63) is 16.9 Å². The van der Waals surface area contributed by atoms with Crippen LogP contribution in [0.5, 0.6) is 0 Å². The van der Waals surface area contributed by atoms with Gasteiger partial charge in [0, 0.05) is 19.3 Å². The van der Waals surface area contributed by atoms with Crippen molar-refractivity contribution in [1.82, 2.24) is 14.7 Å². The fraction of sp³-hybridized carbons (Fsp3) is 0.600. The zero-order valence-electron chi connectivity index (χ0n) is 9.30. The van der Waals surface area contributed by atoms with Crippen LogP contribution in [0, 0.1) is 0 Å². The molecule has 0 bridgehead atoms. The van der Waals surface area contributed by atoms with Gasteiger partial charge in [0.2, 0.25) is 0 Å². The molecule has 1 fully saturated rings. The van der Waals surface area contributed by atoms with Gasteiger partial charge in [-0.25, -0.2) is 0 Å². The van der Waals surface area contributed by atoms with E-state index in [1.165, 1.54) is 12.8 Å². The van der Waals surface area contributed by atoms with Crippen molar-refractivity contribution in [2.24, 2.45) is 10.7 Å². The van der Waals surface area contributed by atoms with Crippen LogP contribution in [0.1, 0.15) is 12.8 Å². The van der Waals surface area contributed by atoms with Crippen LogP contribution in [0.25, 0.3) is 0 Å². The summed E-state index contributed by atoms with van der Waals surface area (Å²) in [7, 11) is 2.00. The molecule has 0 radical (unpaired) electrons. The first-order valence-corrected chi connectivity index (χ1v) is 6.17. The number of hydrogen-bond acceptors (Lipinski definition) is 2. The molecule has 1 aromatic heterocycles. The maximum absolute atomic E-state index is 5.86. The standard InChI is InChI=1S/C10H16BrN5/c1-15(9-2-3-9)10(12)13-4-5-16-7-8(11)6-14-16/h6-7,9H,2-5H2,1H3,(H2,12,13). The maximum atomic E-state index is 5.86. The highest BCUT2D eigenvalue weighted by atomic mass is 79.9. The SMILES string of the molecule is CN(C(N)=NCCn1cc(Br)cn1)C1CC1. The van der Waals surface area contributed by atoms with Crippen molar-refractivity contribution in [2.75, 3.05) is 13.6 Å². The zero-order valence-corrected chi connectivity index (χ0v) is 10.9. The molecule has 1 heterocycles. The van der Waals surface area contributed by atoms with Crippen molar-refractivity contribution in [1.29, 1.82) is 0 Å². The summed E-state index contributed by atoms with van der Waals surface area (Å²) in [5, 5.41) is 4.15. The van der Waals surface area contributed by atoms with Gasteiger partial charge in [-0.15, -0.1) is 0 Å². The lowest BCUT2D eigenvalue weighted by atomic mass is 10.6. The summed E-state index contributed by atoms with van der Waals surface area (Å²) < 4.78 is 2.83. The van der Waals surface area contributed by atoms with Crippen molar-refractivity contribution in [2.45, 2.75) is 25.4 Å². The number of nitrogens with zero attached hydrogens (tertiary/aromatic N) is 4. The molecule has 1 aliphatic rings. The Morgan fingerprint density at radius 2 is 2.50 bits per heavy atom. The second-order valence-corrected chi connectivity index (χ2v) is 4.92. The quantitative estimate of drug-likeness (QED) is 0.665. The van der Waals surface area contributed by atoms with E-state index in [4.69, 9.17) is 5.73 Å². The smallest absolute Gasteiger partial charge is 0.191 e. The Hall–Kier alpha value is -1.04. The maximum Gasteiger partial charge on any atom is 0.191 e. The number of nitrogens with two attached hydrogens (primary N) is 1. The fourth-order valence-electron chi connectivity index (χ4n) is 1.49. The van der Waals surface area contributed by atoms with E-state index in [-0.39, 0.29) is 0 Å². The monoisotopic (exact) mass is 285 g/mol. The van der Waals surface area contributed by atoms with Crippen LogP contribution < -0.4 is 5.73 Å². The topological polar surface area (TPSA) is 59.4 Å². The number of halogens is 1. The summed E-state index contributed by atoms with van der Waals surface area (Å²) in [5.74, 6) is 0.633. The highest BCUT2D eigenvalue weighted by Crippen LogP contribution is 2.24. The van der Waals surface area contributed by atoms with Gasteiger partial charge in [0.05, 0.1) is 23.8 Å². The van der Waals surface area contributed by atoms with Crippen LogP contribution in [0.4, 0.5) is 0 Å². The minimum atomic E-state index is 0.614. The molecule has 0 amide bonds. The molecule has 16 heavy (non-hydrogen) atoms. The van der Waals surface area contributed by atoms with Crippen LogP contribution in [0.3, 0.4) is 0 Å². The minimum absolute atomic E-state index is 0.614. The summed E-state index contributed by atoms with van der Waals surface area (Å²) in [6.07, 6.45) is 6.16. The van der Waals surface area contributed by atoms with Crippen molar-refractivity contribution >= 4 is 21.9 Å². The predicted octanol–water partition coefficient (Wildman–Crippen LogP) is 1.05. The molecule has 0 atom stereocenters. The molecule has 0 unspecified atom stereocenters. The Labute approximate surface area is 103 Å². The van der Waals surface area contributed by atoms with E-state index in [0.717, 1.165) is 11.0 Å². The lowest BCUT2D eigenvalue weighted by molar-refractivity contribution is 0.485. The van der Waals surface area contributed by atoms with Crippen LogP contribution >= 0.6 is 15.9 Å². The minimum Gasteiger partial charge on any atom is -0.370 e. The summed E-state index contributed by atoms with van der Waals surface area (Å²) in [5.41, 5.74) is 5.86. The molecule has 2 rings (SSSR count). The van der Waals surface area contributed by atoms with E-state index in [9.17, 15) is 0 Å². The van der Waals surface area contributed by atoms with E-state index in [1.807, 2.05) is 17.9 Å². The van der Waals surface area contributed by atoms with Crippen LogP contribution in [-0.2, 0) is 6.54 Å². The third-order valence-corrected chi connectivity index (χ3v) is 3.07. The van der Waals surface area contributed by atoms with E-state index in [1.54, 1.807) is 6.20 Å². The third-order valence-electron chi connectivity index (χ3n) is 2.66. The summed E-state index contributed by atoms with van der Waals surface area (Å²) in [6.45, 7) is 1.42. The van der Waals surface area contributed by atoms with Crippen molar-refractivity contribution < 1.29 is 0 Å². The van der Waals surface area contributed by atoms with E-state index in [2.05, 4.69) is 30.9 Å². The Bertz CT molecular complexity index is 382. The summed E-state index contributed by atoms with van der Waals surface area (Å²) in [4.78, 5) is 6.39. The van der Waals surface area contributed by atoms with Crippen LogP contribution in [0.15, 0.2) is 21.9 Å². The zero-order chi connectivity index (χ0) is 11.5. The predicted molar refractivity (Wildman–Crippen MR) is 67.2 cm³/mol. The number of guanidine groups is 1. The second-order valence-electron chi connectivity index (χ2n) is 4.00. The van der Waals surface area contributed by atoms with Crippen molar-refractivity contribution in [3.8, 4) is 0 Å². The number of aromatic nitrogens is 2. The summed E-state index contributed by atoms with van der Waals surface area (Å²) in [6, 6.07) is 0.614. The van der Waals surface area contributed by atoms with Crippen LogP contribution in [0.2, 0.25) is 0 Å². The van der Waals surface area contributed by atoms with Gasteiger partial charge in [-0.2, -0.15) is 5.10 Å². The van der Waals surface area contributed by atoms with E-state index in [0.29, 0.717) is 18.5 Å². The number of hydrogen-bond donors (Lipinski definition) is 1. The molecular formula is C10H16BrN5. The van der Waals surface area contributed by atoms with Gasteiger partial charge in [-0.3, -0.25) is 9.67 Å². The second kappa shape index (κ2) is 4.86. The molecule has 0 spiro atoms. The van der Waals surface area contributed by atoms with E-state index >= 15 is 0 Å². The van der Waals surface area contributed by atoms with Gasteiger partial charge in [0.1, 0.15) is 0 Å². The van der Waals surface area contributed by atoms with Gasteiger partial charge < -0.3 is 10.6 Å². The molecule has 1 aliphatic carbocycles. The molecule has 6 heteroatoms. The van der Waals surface area contributed by atoms with Gasteiger partial charge >= 0.3 is 0 Å². The van der Waals surface area contributed by atoms with E-state index < -0.39 is 0 Å². The fourth-order valence-corrected chi connectivity index (χ4v) is 1.82. The lowest BCUT2D eigenvalue weighted by Crippen LogP contribution is -2.36. The molecule has 1 saturated carbocycles. The molecule has 1 aromatic rings. The Balaban J connectivity index is 1.79. The highest BCUT2D eigenvalue weighted by Gasteiger charge is 2.27. The van der Waals surface area contributed by atoms with Gasteiger partial charge in [0.15, 0.2) is 5.96 Å². The Kier molecular flexibility index (Phi) is 3.48. The lowest BCUT2D eigenvalue weighted by Gasteiger charge is -2.16. The largest absolute Gasteiger partial charge is 0.370 e. The first-order chi connectivity index (χ1) is 7.66. The Morgan fingerprint density at radius 3 is 3.06 bits per heavy atom. The van der Waals surface area contributed by atoms with Crippen LogP contribution in [-0.4, -0.2) is 40.3 Å². The van der Waals surface area contributed by atoms with Gasteiger partial charge in [-0.1, -0.05) is 0 Å². The molecule has 5 nitrogen and oxygen atoms in total. The first-order valence-electron chi connectivity index (χ1n) is 5.37. The van der Waals surface area contributed by atoms with Crippen molar-refractivity contribution in [3.63, 3.8) is 0 Å². The first kappa shape index (κ1) is 11.4. The van der Waals surface area contributed by atoms with Gasteiger partial charge in [0.25, 0.3) is 0 Å². The molecule has 0 aromatic carbocycles. The normalized spacial score (nSPS) is 16.5.